The zero-order valence-electron chi connectivity index (χ0n) is 13.7. The van der Waals surface area contributed by atoms with Crippen LogP contribution in [0.3, 0.4) is 0 Å². The normalized spacial score (nSPS) is 21.0. The maximum atomic E-state index is 6.07. The first kappa shape index (κ1) is 17.7. The molecule has 1 aliphatic heterocycles. The van der Waals surface area contributed by atoms with Gasteiger partial charge in [-0.2, -0.15) is 0 Å². The molecule has 5 heteroatoms. The van der Waals surface area contributed by atoms with Crippen LogP contribution in [-0.4, -0.2) is 18.2 Å². The summed E-state index contributed by atoms with van der Waals surface area (Å²) in [5.41, 5.74) is 2.71. The van der Waals surface area contributed by atoms with Gasteiger partial charge >= 0.3 is 0 Å². The molecule has 0 atom stereocenters. The van der Waals surface area contributed by atoms with Gasteiger partial charge in [0.1, 0.15) is 0 Å². The lowest BCUT2D eigenvalue weighted by Gasteiger charge is -2.29. The predicted molar refractivity (Wildman–Crippen MR) is 97.4 cm³/mol. The Labute approximate surface area is 152 Å². The first-order chi connectivity index (χ1) is 11.7. The average Bonchev–Trinajstić information content (AvgIpc) is 2.63. The van der Waals surface area contributed by atoms with Crippen molar-refractivity contribution in [2.24, 2.45) is 5.92 Å². The predicted octanol–water partition coefficient (Wildman–Crippen LogP) is 5.91. The molecule has 0 N–H and O–H groups in total. The van der Waals surface area contributed by atoms with E-state index < -0.39 is 0 Å². The average molecular weight is 366 g/mol. The van der Waals surface area contributed by atoms with Crippen molar-refractivity contribution in [3.05, 3.63) is 52.1 Å². The number of hydrogen-bond donors (Lipinski definition) is 0. The molecule has 0 saturated carbocycles. The fraction of sp³-hybridized carbons (Fsp3) is 0.421. The van der Waals surface area contributed by atoms with Crippen molar-refractivity contribution in [2.75, 3.05) is 13.2 Å². The van der Waals surface area contributed by atoms with E-state index in [4.69, 9.17) is 32.7 Å². The van der Waals surface area contributed by atoms with Gasteiger partial charge in [-0.3, -0.25) is 4.98 Å². The summed E-state index contributed by atoms with van der Waals surface area (Å²) in [5, 5.41) is 1.07. The lowest BCUT2D eigenvalue weighted by atomic mass is 10.0. The van der Waals surface area contributed by atoms with Crippen LogP contribution in [0.25, 0.3) is 11.3 Å². The summed E-state index contributed by atoms with van der Waals surface area (Å²) in [6.45, 7) is 3.70. The summed E-state index contributed by atoms with van der Waals surface area (Å²) in [6, 6.07) is 9.44. The molecule has 0 amide bonds. The molecule has 1 aromatic carbocycles. The van der Waals surface area contributed by atoms with Crippen molar-refractivity contribution in [2.45, 2.75) is 32.5 Å². The van der Waals surface area contributed by atoms with Gasteiger partial charge in [0.2, 0.25) is 0 Å². The lowest BCUT2D eigenvalue weighted by Crippen LogP contribution is -2.27. The number of unbranched alkanes of at least 4 members (excludes halogenated alkanes) is 1. The summed E-state index contributed by atoms with van der Waals surface area (Å²) >= 11 is 12.0. The third kappa shape index (κ3) is 4.28. The second-order valence-corrected chi connectivity index (χ2v) is 6.93. The Hall–Kier alpha value is -1.13. The standard InChI is InChI=1S/C19H21Cl2NO2/c1-2-3-4-13-11-23-19(24-12-13)15-6-8-18(22-10-15)14-5-7-16(20)17(21)9-14/h5-10,13,19H,2-4,11-12H2,1H3/t13-,19-. The molecule has 2 aromatic rings. The minimum atomic E-state index is -0.321. The van der Waals surface area contributed by atoms with Crippen LogP contribution >= 0.6 is 23.2 Å². The van der Waals surface area contributed by atoms with Crippen LogP contribution in [0.5, 0.6) is 0 Å². The van der Waals surface area contributed by atoms with Gasteiger partial charge < -0.3 is 9.47 Å². The number of aromatic nitrogens is 1. The second-order valence-electron chi connectivity index (χ2n) is 6.11. The fourth-order valence-electron chi connectivity index (χ4n) is 2.77. The molecule has 0 aliphatic carbocycles. The Balaban J connectivity index is 1.64. The molecule has 128 valence electrons. The van der Waals surface area contributed by atoms with Crippen molar-refractivity contribution in [3.63, 3.8) is 0 Å². The molecule has 1 fully saturated rings. The highest BCUT2D eigenvalue weighted by Gasteiger charge is 2.23. The Morgan fingerprint density at radius 1 is 1.08 bits per heavy atom. The van der Waals surface area contributed by atoms with Gasteiger partial charge in [0, 0.05) is 23.2 Å². The monoisotopic (exact) mass is 365 g/mol. The van der Waals surface area contributed by atoms with Gasteiger partial charge in [-0.15, -0.1) is 0 Å². The molecular weight excluding hydrogens is 345 g/mol. The van der Waals surface area contributed by atoms with Crippen LogP contribution < -0.4 is 0 Å². The summed E-state index contributed by atoms with van der Waals surface area (Å²) in [5.74, 6) is 0.504. The van der Waals surface area contributed by atoms with Gasteiger partial charge in [0.25, 0.3) is 0 Å². The highest BCUT2D eigenvalue weighted by atomic mass is 35.5. The molecule has 1 saturated heterocycles. The summed E-state index contributed by atoms with van der Waals surface area (Å²) in [4.78, 5) is 4.50. The van der Waals surface area contributed by atoms with Gasteiger partial charge in [-0.25, -0.2) is 0 Å². The van der Waals surface area contributed by atoms with Crippen LogP contribution in [0.2, 0.25) is 10.0 Å². The Kier molecular flexibility index (Phi) is 6.12. The number of rotatable bonds is 5. The Morgan fingerprint density at radius 2 is 1.88 bits per heavy atom. The quantitative estimate of drug-likeness (QED) is 0.659. The fourth-order valence-corrected chi connectivity index (χ4v) is 3.06. The van der Waals surface area contributed by atoms with E-state index in [1.165, 1.54) is 12.8 Å². The van der Waals surface area contributed by atoms with Crippen LogP contribution in [0.15, 0.2) is 36.5 Å². The number of halogens is 2. The zero-order valence-corrected chi connectivity index (χ0v) is 15.2. The highest BCUT2D eigenvalue weighted by Crippen LogP contribution is 2.30. The number of benzene rings is 1. The minimum Gasteiger partial charge on any atom is -0.348 e. The number of hydrogen-bond acceptors (Lipinski definition) is 3. The van der Waals surface area contributed by atoms with Gasteiger partial charge in [-0.1, -0.05) is 55.1 Å². The van der Waals surface area contributed by atoms with Gasteiger partial charge in [0.05, 0.1) is 29.0 Å². The smallest absolute Gasteiger partial charge is 0.185 e. The van der Waals surface area contributed by atoms with Crippen molar-refractivity contribution < 1.29 is 9.47 Å². The van der Waals surface area contributed by atoms with E-state index in [1.807, 2.05) is 24.3 Å². The molecule has 0 bridgehead atoms. The summed E-state index contributed by atoms with van der Waals surface area (Å²) < 4.78 is 11.7. The van der Waals surface area contributed by atoms with E-state index in [2.05, 4.69) is 11.9 Å². The van der Waals surface area contributed by atoms with E-state index >= 15 is 0 Å². The summed E-state index contributed by atoms with van der Waals surface area (Å²) in [6.07, 6.45) is 5.08. The van der Waals surface area contributed by atoms with Crippen LogP contribution in [0.4, 0.5) is 0 Å². The number of ether oxygens (including phenoxy) is 2. The number of pyridine rings is 1. The Bertz CT molecular complexity index is 668. The first-order valence-corrected chi connectivity index (χ1v) is 9.07. The minimum absolute atomic E-state index is 0.321. The molecule has 3 rings (SSSR count). The Morgan fingerprint density at radius 3 is 2.50 bits per heavy atom. The van der Waals surface area contributed by atoms with Crippen LogP contribution in [-0.2, 0) is 9.47 Å². The van der Waals surface area contributed by atoms with Crippen LogP contribution in [0, 0.1) is 5.92 Å². The van der Waals surface area contributed by atoms with E-state index in [1.54, 1.807) is 12.3 Å². The second kappa shape index (κ2) is 8.30. The van der Waals surface area contributed by atoms with Crippen LogP contribution in [0.1, 0.15) is 38.0 Å². The zero-order chi connectivity index (χ0) is 16.9. The number of nitrogens with zero attached hydrogens (tertiary/aromatic N) is 1. The molecule has 3 nitrogen and oxygen atoms in total. The highest BCUT2D eigenvalue weighted by molar-refractivity contribution is 6.42. The SMILES string of the molecule is CCCC[C@H]1CO[C@H](c2ccc(-c3ccc(Cl)c(Cl)c3)nc2)OC1. The van der Waals surface area contributed by atoms with Gasteiger partial charge in [-0.05, 0) is 24.6 Å². The molecule has 1 aliphatic rings. The van der Waals surface area contributed by atoms with Gasteiger partial charge in [0.15, 0.2) is 6.29 Å². The first-order valence-electron chi connectivity index (χ1n) is 8.32. The maximum Gasteiger partial charge on any atom is 0.185 e. The molecule has 24 heavy (non-hydrogen) atoms. The molecule has 1 aromatic heterocycles. The third-order valence-electron chi connectivity index (χ3n) is 4.21. The largest absolute Gasteiger partial charge is 0.348 e. The van der Waals surface area contributed by atoms with E-state index in [0.29, 0.717) is 16.0 Å². The van der Waals surface area contributed by atoms with Crippen molar-refractivity contribution in [1.82, 2.24) is 4.98 Å². The molecule has 0 spiro atoms. The van der Waals surface area contributed by atoms with E-state index in [9.17, 15) is 0 Å². The summed E-state index contributed by atoms with van der Waals surface area (Å²) in [7, 11) is 0. The molecule has 2 heterocycles. The molecule has 0 radical (unpaired) electrons. The lowest BCUT2D eigenvalue weighted by molar-refractivity contribution is -0.206. The van der Waals surface area contributed by atoms with Crippen molar-refractivity contribution in [1.29, 1.82) is 0 Å². The van der Waals surface area contributed by atoms with E-state index in [-0.39, 0.29) is 6.29 Å². The van der Waals surface area contributed by atoms with Crippen molar-refractivity contribution in [3.8, 4) is 11.3 Å². The maximum absolute atomic E-state index is 6.07. The topological polar surface area (TPSA) is 31.4 Å². The molecule has 0 unspecified atom stereocenters. The van der Waals surface area contributed by atoms with E-state index in [0.717, 1.165) is 36.5 Å². The third-order valence-corrected chi connectivity index (χ3v) is 4.95. The molecular formula is C19H21Cl2NO2. The van der Waals surface area contributed by atoms with Crippen molar-refractivity contribution >= 4 is 23.2 Å².